The Hall–Kier alpha value is -0.824. The Morgan fingerprint density at radius 3 is 1.36 bits per heavy atom. The van der Waals surface area contributed by atoms with Gasteiger partial charge in [0.1, 0.15) is 0 Å². The van der Waals surface area contributed by atoms with Gasteiger partial charge < -0.3 is 30.3 Å². The summed E-state index contributed by atoms with van der Waals surface area (Å²) in [5.41, 5.74) is 1.89. The normalized spacial score (nSPS) is 6.86. The molecule has 2 rings (SSSR count). The molecule has 0 spiro atoms. The summed E-state index contributed by atoms with van der Waals surface area (Å²) in [5, 5.41) is 0. The summed E-state index contributed by atoms with van der Waals surface area (Å²) >= 11 is 0. The SMILES string of the molecule is C=C[SiH3].[Fe].[cH-]1[cH-][cH-][cH-][cH-]1.c1cc[cH-]c1. The van der Waals surface area contributed by atoms with Crippen molar-refractivity contribution < 1.29 is 17.1 Å². The van der Waals surface area contributed by atoms with E-state index in [4.69, 9.17) is 0 Å². The van der Waals surface area contributed by atoms with Crippen LogP contribution in [0.25, 0.3) is 0 Å². The van der Waals surface area contributed by atoms with Gasteiger partial charge >= 0.3 is 0 Å². The van der Waals surface area contributed by atoms with Gasteiger partial charge in [-0.25, -0.2) is 12.1 Å². The molecule has 82 valence electrons. The van der Waals surface area contributed by atoms with Crippen molar-refractivity contribution >= 4 is 10.2 Å². The molecule has 0 saturated carbocycles. The van der Waals surface area contributed by atoms with E-state index < -0.39 is 0 Å². The second-order valence-corrected chi connectivity index (χ2v) is 3.15. The molecule has 0 saturated heterocycles. The van der Waals surface area contributed by atoms with Gasteiger partial charge in [0.05, 0.1) is 0 Å². The van der Waals surface area contributed by atoms with Crippen LogP contribution >= 0.6 is 0 Å². The van der Waals surface area contributed by atoms with Crippen LogP contribution in [0, 0.1) is 0 Å². The standard InChI is InChI=1S/2C5H5.C2H6Si.Fe/c2*1-2-4-5-3-1;1-2-3;/h2*1-5H;2H,1H2,3H3;/q-5;-1;;. The van der Waals surface area contributed by atoms with Gasteiger partial charge in [0.2, 0.25) is 0 Å². The van der Waals surface area contributed by atoms with Crippen molar-refractivity contribution in [2.45, 2.75) is 0 Å². The molecule has 0 aromatic heterocycles. The van der Waals surface area contributed by atoms with Crippen LogP contribution < -0.4 is 0 Å². The fraction of sp³-hybridized carbons (Fsp3) is 0. The van der Waals surface area contributed by atoms with Crippen molar-refractivity contribution in [3.05, 3.63) is 72.9 Å². The minimum atomic E-state index is 0. The summed E-state index contributed by atoms with van der Waals surface area (Å²) in [6, 6.07) is 20.0. The second kappa shape index (κ2) is 14.7. The van der Waals surface area contributed by atoms with Gasteiger partial charge in [0.15, 0.2) is 0 Å². The molecule has 0 aliphatic carbocycles. The van der Waals surface area contributed by atoms with E-state index in [-0.39, 0.29) is 17.1 Å². The summed E-state index contributed by atoms with van der Waals surface area (Å²) in [6.07, 6.45) is 0. The summed E-state index contributed by atoms with van der Waals surface area (Å²) < 4.78 is 0. The summed E-state index contributed by atoms with van der Waals surface area (Å²) in [4.78, 5) is 0. The van der Waals surface area contributed by atoms with Crippen molar-refractivity contribution in [1.82, 2.24) is 0 Å². The van der Waals surface area contributed by atoms with Crippen molar-refractivity contribution in [3.63, 3.8) is 0 Å². The molecule has 0 bridgehead atoms. The zero-order chi connectivity index (χ0) is 9.78. The third-order valence-corrected chi connectivity index (χ3v) is 1.11. The van der Waals surface area contributed by atoms with Crippen LogP contribution in [0.2, 0.25) is 0 Å². The largest absolute Gasteiger partial charge is 0.748 e. The quantitative estimate of drug-likeness (QED) is 0.492. The minimum absolute atomic E-state index is 0. The molecule has 0 nitrogen and oxygen atoms in total. The van der Waals surface area contributed by atoms with E-state index in [0.717, 1.165) is 10.2 Å². The first-order valence-corrected chi connectivity index (χ1v) is 5.47. The third-order valence-electron chi connectivity index (χ3n) is 1.11. The van der Waals surface area contributed by atoms with Gasteiger partial charge in [0, 0.05) is 27.3 Å². The fourth-order valence-electron chi connectivity index (χ4n) is 0.642. The number of hydrogen-bond acceptors (Lipinski definition) is 0. The van der Waals surface area contributed by atoms with Crippen LogP contribution in [-0.4, -0.2) is 10.2 Å². The van der Waals surface area contributed by atoms with Crippen molar-refractivity contribution in [2.24, 2.45) is 0 Å². The maximum atomic E-state index is 3.42. The smallest absolute Gasteiger partial charge is 0.0283 e. The third kappa shape index (κ3) is 13.7. The molecule has 0 aliphatic heterocycles. The van der Waals surface area contributed by atoms with Crippen molar-refractivity contribution in [3.8, 4) is 0 Å². The molecular weight excluding hydrogens is 228 g/mol. The Morgan fingerprint density at radius 2 is 1.21 bits per heavy atom. The molecule has 0 heterocycles. The van der Waals surface area contributed by atoms with E-state index in [1.54, 1.807) is 0 Å². The van der Waals surface area contributed by atoms with Crippen molar-refractivity contribution in [2.75, 3.05) is 0 Å². The molecule has 2 heteroatoms. The molecule has 14 heavy (non-hydrogen) atoms. The minimum Gasteiger partial charge on any atom is -0.748 e. The first kappa shape index (κ1) is 15.6. The van der Waals surface area contributed by atoms with Crippen LogP contribution in [0.5, 0.6) is 0 Å². The molecule has 0 radical (unpaired) electrons. The number of hydrogen-bond donors (Lipinski definition) is 0. The summed E-state index contributed by atoms with van der Waals surface area (Å²) in [6.45, 7) is 3.42. The van der Waals surface area contributed by atoms with E-state index in [9.17, 15) is 0 Å². The monoisotopic (exact) mass is 244 g/mol. The molecule has 0 amide bonds. The topological polar surface area (TPSA) is 0 Å². The van der Waals surface area contributed by atoms with E-state index >= 15 is 0 Å². The van der Waals surface area contributed by atoms with Crippen LogP contribution in [0.3, 0.4) is 0 Å². The van der Waals surface area contributed by atoms with Crippen LogP contribution in [-0.2, 0) is 17.1 Å². The molecule has 2 aromatic rings. The zero-order valence-corrected chi connectivity index (χ0v) is 11.5. The Balaban J connectivity index is 0. The van der Waals surface area contributed by atoms with Gasteiger partial charge in [0.25, 0.3) is 0 Å². The molecule has 0 fully saturated rings. The van der Waals surface area contributed by atoms with Gasteiger partial charge in [-0.3, -0.25) is 0 Å². The molecule has 0 aliphatic rings. The predicted octanol–water partition coefficient (Wildman–Crippen LogP) is 2.30. The average Bonchev–Trinajstić information content (AvgIpc) is 2.85. The van der Waals surface area contributed by atoms with E-state index in [1.807, 2.05) is 66.4 Å². The number of rotatable bonds is 0. The second-order valence-electron chi connectivity index (χ2n) is 2.33. The molecule has 0 unspecified atom stereocenters. The van der Waals surface area contributed by atoms with Gasteiger partial charge in [-0.1, -0.05) is 0 Å². The Bertz CT molecular complexity index is 185. The average molecular weight is 244 g/mol. The Morgan fingerprint density at radius 1 is 0.929 bits per heavy atom. The Kier molecular flexibility index (Phi) is 16.4. The maximum Gasteiger partial charge on any atom is 0.0283 e. The first-order valence-electron chi connectivity index (χ1n) is 4.32. The van der Waals surface area contributed by atoms with E-state index in [1.165, 1.54) is 0 Å². The van der Waals surface area contributed by atoms with Crippen LogP contribution in [0.15, 0.2) is 72.9 Å². The van der Waals surface area contributed by atoms with Gasteiger partial charge in [-0.05, 0) is 0 Å². The molecular formula is C12H16FeSi-6. The van der Waals surface area contributed by atoms with Crippen molar-refractivity contribution in [1.29, 1.82) is 0 Å². The molecule has 0 atom stereocenters. The summed E-state index contributed by atoms with van der Waals surface area (Å²) in [5.74, 6) is 0. The summed E-state index contributed by atoms with van der Waals surface area (Å²) in [7, 11) is 1.13. The predicted molar refractivity (Wildman–Crippen MR) is 64.2 cm³/mol. The van der Waals surface area contributed by atoms with Gasteiger partial charge in [-0.15, -0.1) is 12.3 Å². The maximum absolute atomic E-state index is 3.42. The van der Waals surface area contributed by atoms with Gasteiger partial charge in [-0.2, -0.15) is 18.2 Å². The van der Waals surface area contributed by atoms with Crippen LogP contribution in [0.1, 0.15) is 0 Å². The zero-order valence-electron chi connectivity index (χ0n) is 8.41. The first-order chi connectivity index (χ1) is 6.41. The van der Waals surface area contributed by atoms with E-state index in [2.05, 4.69) is 6.58 Å². The fourth-order valence-corrected chi connectivity index (χ4v) is 0.642. The molecule has 0 N–H and O–H groups in total. The van der Waals surface area contributed by atoms with E-state index in [0.29, 0.717) is 0 Å². The molecule has 2 aromatic carbocycles. The van der Waals surface area contributed by atoms with Crippen LogP contribution in [0.4, 0.5) is 0 Å². The Labute approximate surface area is 100 Å².